The lowest BCUT2D eigenvalue weighted by atomic mass is 10.2. The number of pyridine rings is 1. The average molecular weight is 447 g/mol. The van der Waals surface area contributed by atoms with Gasteiger partial charge >= 0.3 is 12.1 Å². The minimum absolute atomic E-state index is 0.0245. The highest BCUT2D eigenvalue weighted by atomic mass is 19.4. The number of nitrogens with one attached hydrogen (secondary N) is 2. The highest BCUT2D eigenvalue weighted by Crippen LogP contribution is 2.31. The first-order valence-corrected chi connectivity index (χ1v) is 9.30. The first-order valence-electron chi connectivity index (χ1n) is 9.30. The molecule has 2 N–H and O–H groups in total. The summed E-state index contributed by atoms with van der Waals surface area (Å²) in [5.41, 5.74) is -0.188. The second-order valence-electron chi connectivity index (χ2n) is 6.58. The van der Waals surface area contributed by atoms with Crippen LogP contribution in [0.5, 0.6) is 0 Å². The van der Waals surface area contributed by atoms with Crippen LogP contribution in [0, 0.1) is 5.82 Å². The molecule has 10 heteroatoms. The molecule has 32 heavy (non-hydrogen) atoms. The summed E-state index contributed by atoms with van der Waals surface area (Å²) in [6.07, 6.45) is -3.17. The monoisotopic (exact) mass is 447 g/mol. The van der Waals surface area contributed by atoms with E-state index in [4.69, 9.17) is 4.74 Å². The fourth-order valence-electron chi connectivity index (χ4n) is 2.64. The zero-order valence-electron chi connectivity index (χ0n) is 16.4. The summed E-state index contributed by atoms with van der Waals surface area (Å²) in [6.45, 7) is -0.468. The molecule has 0 unspecified atom stereocenters. The van der Waals surface area contributed by atoms with Crippen LogP contribution in [-0.4, -0.2) is 23.5 Å². The number of esters is 1. The van der Waals surface area contributed by atoms with Crippen molar-refractivity contribution in [2.24, 2.45) is 0 Å². The van der Waals surface area contributed by atoms with Crippen molar-refractivity contribution in [1.82, 2.24) is 10.3 Å². The van der Waals surface area contributed by atoms with E-state index in [2.05, 4.69) is 15.6 Å². The maximum Gasteiger partial charge on any atom is 0.416 e. The maximum absolute atomic E-state index is 12.9. The molecule has 0 saturated heterocycles. The molecule has 0 aliphatic carbocycles. The third-order valence-electron chi connectivity index (χ3n) is 4.22. The van der Waals surface area contributed by atoms with Gasteiger partial charge in [0.2, 0.25) is 0 Å². The Morgan fingerprint density at radius 2 is 1.75 bits per heavy atom. The summed E-state index contributed by atoms with van der Waals surface area (Å²) >= 11 is 0. The molecule has 3 aromatic rings. The van der Waals surface area contributed by atoms with E-state index in [1.54, 1.807) is 0 Å². The lowest BCUT2D eigenvalue weighted by Gasteiger charge is -2.13. The molecule has 0 aliphatic rings. The summed E-state index contributed by atoms with van der Waals surface area (Å²) in [5.74, 6) is -1.90. The van der Waals surface area contributed by atoms with E-state index < -0.39 is 36.0 Å². The molecule has 0 spiro atoms. The van der Waals surface area contributed by atoms with Crippen LogP contribution in [0.1, 0.15) is 21.5 Å². The quantitative estimate of drug-likeness (QED) is 0.413. The van der Waals surface area contributed by atoms with Crippen LogP contribution in [0.3, 0.4) is 0 Å². The number of anilines is 2. The molecule has 0 saturated carbocycles. The highest BCUT2D eigenvalue weighted by Gasteiger charge is 2.30. The van der Waals surface area contributed by atoms with E-state index in [-0.39, 0.29) is 23.6 Å². The SMILES string of the molecule is O=C(COC(=O)c1cccnc1Nc1cccc(C(F)(F)F)c1)NCc1ccc(F)cc1. The Labute approximate surface area is 180 Å². The summed E-state index contributed by atoms with van der Waals surface area (Å²) in [6, 6.07) is 12.7. The lowest BCUT2D eigenvalue weighted by Crippen LogP contribution is -2.28. The van der Waals surface area contributed by atoms with Crippen LogP contribution in [0.4, 0.5) is 29.1 Å². The molecule has 1 heterocycles. The van der Waals surface area contributed by atoms with Gasteiger partial charge in [0.1, 0.15) is 17.2 Å². The van der Waals surface area contributed by atoms with Crippen molar-refractivity contribution < 1.29 is 31.9 Å². The van der Waals surface area contributed by atoms with Gasteiger partial charge in [-0.1, -0.05) is 18.2 Å². The number of aromatic nitrogens is 1. The maximum atomic E-state index is 12.9. The van der Waals surface area contributed by atoms with Crippen molar-refractivity contribution in [2.45, 2.75) is 12.7 Å². The van der Waals surface area contributed by atoms with Crippen molar-refractivity contribution in [1.29, 1.82) is 0 Å². The summed E-state index contributed by atoms with van der Waals surface area (Å²) < 4.78 is 56.6. The third kappa shape index (κ3) is 6.27. The predicted octanol–water partition coefficient (Wildman–Crippen LogP) is 4.46. The van der Waals surface area contributed by atoms with E-state index in [9.17, 15) is 27.2 Å². The van der Waals surface area contributed by atoms with Gasteiger partial charge in [-0.25, -0.2) is 14.2 Å². The smallest absolute Gasteiger partial charge is 0.416 e. The van der Waals surface area contributed by atoms with E-state index in [1.807, 2.05) is 0 Å². The average Bonchev–Trinajstić information content (AvgIpc) is 2.77. The fraction of sp³-hybridized carbons (Fsp3) is 0.136. The number of halogens is 4. The minimum atomic E-state index is -4.52. The van der Waals surface area contributed by atoms with Gasteiger partial charge in [-0.05, 0) is 48.0 Å². The highest BCUT2D eigenvalue weighted by molar-refractivity contribution is 5.96. The Hall–Kier alpha value is -3.95. The van der Waals surface area contributed by atoms with Crippen LogP contribution in [0.25, 0.3) is 0 Å². The van der Waals surface area contributed by atoms with Crippen LogP contribution < -0.4 is 10.6 Å². The van der Waals surface area contributed by atoms with Gasteiger partial charge in [0, 0.05) is 18.4 Å². The lowest BCUT2D eigenvalue weighted by molar-refractivity contribution is -0.137. The van der Waals surface area contributed by atoms with Gasteiger partial charge < -0.3 is 15.4 Å². The van der Waals surface area contributed by atoms with Gasteiger partial charge in [0.15, 0.2) is 6.61 Å². The Morgan fingerprint density at radius 1 is 1.00 bits per heavy atom. The Balaban J connectivity index is 1.60. The molecule has 166 valence electrons. The van der Waals surface area contributed by atoms with Gasteiger partial charge in [0.05, 0.1) is 5.56 Å². The Kier molecular flexibility index (Phi) is 7.04. The molecular weight excluding hydrogens is 430 g/mol. The van der Waals surface area contributed by atoms with E-state index >= 15 is 0 Å². The van der Waals surface area contributed by atoms with Gasteiger partial charge in [-0.3, -0.25) is 4.79 Å². The molecule has 0 atom stereocenters. The summed E-state index contributed by atoms with van der Waals surface area (Å²) in [4.78, 5) is 28.3. The second-order valence-corrected chi connectivity index (χ2v) is 6.58. The minimum Gasteiger partial charge on any atom is -0.452 e. The number of nitrogens with zero attached hydrogens (tertiary/aromatic N) is 1. The number of hydrogen-bond donors (Lipinski definition) is 2. The first-order chi connectivity index (χ1) is 15.2. The zero-order chi connectivity index (χ0) is 23.1. The van der Waals surface area contributed by atoms with Gasteiger partial charge in [-0.15, -0.1) is 0 Å². The summed E-state index contributed by atoms with van der Waals surface area (Å²) in [5, 5.41) is 5.19. The Morgan fingerprint density at radius 3 is 2.47 bits per heavy atom. The van der Waals surface area contributed by atoms with Gasteiger partial charge in [-0.2, -0.15) is 13.2 Å². The molecule has 1 amide bonds. The van der Waals surface area contributed by atoms with Crippen molar-refractivity contribution >= 4 is 23.4 Å². The number of alkyl halides is 3. The van der Waals surface area contributed by atoms with Crippen LogP contribution in [-0.2, 0) is 22.3 Å². The largest absolute Gasteiger partial charge is 0.452 e. The van der Waals surface area contributed by atoms with Crippen molar-refractivity contribution in [3.05, 3.63) is 89.4 Å². The Bertz CT molecular complexity index is 1100. The van der Waals surface area contributed by atoms with E-state index in [0.717, 1.165) is 12.1 Å². The number of carbonyl (C=O) groups excluding carboxylic acids is 2. The number of hydrogen-bond acceptors (Lipinski definition) is 5. The van der Waals surface area contributed by atoms with Crippen molar-refractivity contribution in [3.8, 4) is 0 Å². The standard InChI is InChI=1S/C22H17F4N3O3/c23-16-8-6-14(7-9-16)12-28-19(30)13-32-21(31)18-5-2-10-27-20(18)29-17-4-1-3-15(11-17)22(24,25)26/h1-11H,12-13H2,(H,27,29)(H,28,30). The molecule has 3 rings (SSSR count). The molecule has 0 fully saturated rings. The molecule has 6 nitrogen and oxygen atoms in total. The molecule has 0 aliphatic heterocycles. The molecular formula is C22H17F4N3O3. The first kappa shape index (κ1) is 22.7. The summed E-state index contributed by atoms with van der Waals surface area (Å²) in [7, 11) is 0. The van der Waals surface area contributed by atoms with Crippen molar-refractivity contribution in [2.75, 3.05) is 11.9 Å². The number of benzene rings is 2. The third-order valence-corrected chi connectivity index (χ3v) is 4.22. The number of ether oxygens (including phenoxy) is 1. The van der Waals surface area contributed by atoms with Crippen molar-refractivity contribution in [3.63, 3.8) is 0 Å². The predicted molar refractivity (Wildman–Crippen MR) is 107 cm³/mol. The topological polar surface area (TPSA) is 80.3 Å². The number of rotatable bonds is 7. The number of carbonyl (C=O) groups is 2. The van der Waals surface area contributed by atoms with Crippen LogP contribution >= 0.6 is 0 Å². The van der Waals surface area contributed by atoms with Gasteiger partial charge in [0.25, 0.3) is 5.91 Å². The van der Waals surface area contributed by atoms with Crippen LogP contribution in [0.15, 0.2) is 66.9 Å². The zero-order valence-corrected chi connectivity index (χ0v) is 16.4. The molecule has 1 aromatic heterocycles. The van der Waals surface area contributed by atoms with Crippen LogP contribution in [0.2, 0.25) is 0 Å². The molecule has 0 radical (unpaired) electrons. The molecule has 0 bridgehead atoms. The number of amides is 1. The fourth-order valence-corrected chi connectivity index (χ4v) is 2.64. The second kappa shape index (κ2) is 9.90. The van der Waals surface area contributed by atoms with E-state index in [1.165, 1.54) is 54.7 Å². The normalized spacial score (nSPS) is 11.0. The molecule has 2 aromatic carbocycles. The van der Waals surface area contributed by atoms with E-state index in [0.29, 0.717) is 5.56 Å².